The average Bonchev–Trinajstić information content (AvgIpc) is 2.66. The second-order valence-electron chi connectivity index (χ2n) is 6.54. The van der Waals surface area contributed by atoms with Crippen LogP contribution in [0.1, 0.15) is 27.2 Å². The lowest BCUT2D eigenvalue weighted by atomic mass is 10.1. The summed E-state index contributed by atoms with van der Waals surface area (Å²) in [6, 6.07) is 9.92. The lowest BCUT2D eigenvalue weighted by Crippen LogP contribution is -2.15. The minimum Gasteiger partial charge on any atom is -0.457 e. The summed E-state index contributed by atoms with van der Waals surface area (Å²) in [5, 5.41) is 2.66. The summed E-state index contributed by atoms with van der Waals surface area (Å²) >= 11 is 0. The highest BCUT2D eigenvalue weighted by Gasteiger charge is 2.34. The van der Waals surface area contributed by atoms with Gasteiger partial charge in [-0.3, -0.25) is 4.79 Å². The normalized spacial score (nSPS) is 11.3. The molecule has 3 aromatic rings. The van der Waals surface area contributed by atoms with Crippen LogP contribution in [0.25, 0.3) is 0 Å². The van der Waals surface area contributed by atoms with Crippen molar-refractivity contribution >= 4 is 17.4 Å². The number of hydrogen-bond acceptors (Lipinski definition) is 4. The molecule has 0 bridgehead atoms. The number of nitrogens with zero attached hydrogens (tertiary/aromatic N) is 1. The summed E-state index contributed by atoms with van der Waals surface area (Å²) in [6.07, 6.45) is -4.83. The highest BCUT2D eigenvalue weighted by atomic mass is 19.4. The molecule has 2 aromatic carbocycles. The standard InChI is InChI=1S/C21H17F4N3O2/c1-11-9-16(19(26)27-12(11)2)20(29)28-13-3-5-14(6-4-13)30-15-7-8-18(22)17(10-15)21(23,24)25/h3-10H,1-2H3,(H2,26,27)(H,28,29). The number of nitrogen functional groups attached to an aromatic ring is 1. The number of nitrogens with two attached hydrogens (primary N) is 1. The Labute approximate surface area is 169 Å². The van der Waals surface area contributed by atoms with Crippen LogP contribution in [0, 0.1) is 19.7 Å². The van der Waals surface area contributed by atoms with Crippen molar-refractivity contribution in [2.75, 3.05) is 11.1 Å². The molecular weight excluding hydrogens is 402 g/mol. The van der Waals surface area contributed by atoms with Gasteiger partial charge in [-0.1, -0.05) is 0 Å². The Balaban J connectivity index is 1.73. The number of ether oxygens (including phenoxy) is 1. The second-order valence-corrected chi connectivity index (χ2v) is 6.54. The van der Waals surface area contributed by atoms with Crippen LogP contribution in [0.3, 0.4) is 0 Å². The number of anilines is 2. The smallest absolute Gasteiger partial charge is 0.419 e. The van der Waals surface area contributed by atoms with E-state index in [2.05, 4.69) is 10.3 Å². The Kier molecular flexibility index (Phi) is 5.64. The monoisotopic (exact) mass is 419 g/mol. The van der Waals surface area contributed by atoms with E-state index in [-0.39, 0.29) is 22.9 Å². The summed E-state index contributed by atoms with van der Waals surface area (Å²) in [7, 11) is 0. The first-order valence-electron chi connectivity index (χ1n) is 8.74. The third-order valence-corrected chi connectivity index (χ3v) is 4.33. The maximum absolute atomic E-state index is 13.4. The highest BCUT2D eigenvalue weighted by molar-refractivity contribution is 6.07. The molecule has 0 fully saturated rings. The van der Waals surface area contributed by atoms with Gasteiger partial charge in [-0.05, 0) is 67.9 Å². The van der Waals surface area contributed by atoms with Crippen LogP contribution >= 0.6 is 0 Å². The summed E-state index contributed by atoms with van der Waals surface area (Å²) in [5.74, 6) is -1.69. The maximum atomic E-state index is 13.4. The molecular formula is C21H17F4N3O2. The Morgan fingerprint density at radius 3 is 2.30 bits per heavy atom. The van der Waals surface area contributed by atoms with Gasteiger partial charge < -0.3 is 15.8 Å². The van der Waals surface area contributed by atoms with Crippen molar-refractivity contribution in [1.29, 1.82) is 0 Å². The molecule has 0 saturated heterocycles. The zero-order valence-electron chi connectivity index (χ0n) is 16.0. The van der Waals surface area contributed by atoms with Gasteiger partial charge in [-0.25, -0.2) is 9.37 Å². The Morgan fingerprint density at radius 2 is 1.67 bits per heavy atom. The number of halogens is 4. The first-order chi connectivity index (χ1) is 14.0. The van der Waals surface area contributed by atoms with Crippen molar-refractivity contribution in [1.82, 2.24) is 4.98 Å². The van der Waals surface area contributed by atoms with E-state index in [9.17, 15) is 22.4 Å². The summed E-state index contributed by atoms with van der Waals surface area (Å²) in [6.45, 7) is 3.59. The zero-order chi connectivity index (χ0) is 22.1. The summed E-state index contributed by atoms with van der Waals surface area (Å²) < 4.78 is 57.1. The molecule has 0 spiro atoms. The van der Waals surface area contributed by atoms with Gasteiger partial charge in [0, 0.05) is 11.4 Å². The second kappa shape index (κ2) is 8.02. The molecule has 1 amide bonds. The third-order valence-electron chi connectivity index (χ3n) is 4.33. The van der Waals surface area contributed by atoms with Crippen molar-refractivity contribution in [2.45, 2.75) is 20.0 Å². The molecule has 3 rings (SSSR count). The molecule has 1 aromatic heterocycles. The summed E-state index contributed by atoms with van der Waals surface area (Å²) in [5.41, 5.74) is 6.58. The van der Waals surface area contributed by atoms with Gasteiger partial charge in [0.05, 0.1) is 11.1 Å². The Hall–Kier alpha value is -3.62. The van der Waals surface area contributed by atoms with Gasteiger partial charge >= 0.3 is 6.18 Å². The molecule has 3 N–H and O–H groups in total. The molecule has 9 heteroatoms. The van der Waals surface area contributed by atoms with E-state index in [1.165, 1.54) is 24.3 Å². The minimum atomic E-state index is -4.83. The van der Waals surface area contributed by atoms with Crippen LogP contribution in [-0.2, 0) is 6.18 Å². The number of aromatic nitrogens is 1. The molecule has 156 valence electrons. The molecule has 0 radical (unpaired) electrons. The SMILES string of the molecule is Cc1cc(C(=O)Nc2ccc(Oc3ccc(F)c(C(F)(F)F)c3)cc2)c(N)nc1C. The number of alkyl halides is 3. The lowest BCUT2D eigenvalue weighted by molar-refractivity contribution is -0.140. The molecule has 0 aliphatic heterocycles. The number of carbonyl (C=O) groups excluding carboxylic acids is 1. The van der Waals surface area contributed by atoms with Crippen molar-refractivity contribution in [2.24, 2.45) is 0 Å². The molecule has 0 unspecified atom stereocenters. The number of carbonyl (C=O) groups is 1. The number of nitrogens with one attached hydrogen (secondary N) is 1. The number of aryl methyl sites for hydroxylation is 2. The minimum absolute atomic E-state index is 0.104. The van der Waals surface area contributed by atoms with Gasteiger partial charge in [-0.2, -0.15) is 13.2 Å². The lowest BCUT2D eigenvalue weighted by Gasteiger charge is -2.12. The highest BCUT2D eigenvalue weighted by Crippen LogP contribution is 2.35. The fourth-order valence-electron chi connectivity index (χ4n) is 2.63. The number of benzene rings is 2. The predicted molar refractivity (Wildman–Crippen MR) is 104 cm³/mol. The van der Waals surface area contributed by atoms with E-state index in [1.807, 2.05) is 6.92 Å². The topological polar surface area (TPSA) is 77.2 Å². The van der Waals surface area contributed by atoms with Gasteiger partial charge in [0.15, 0.2) is 0 Å². The predicted octanol–water partition coefficient (Wildman–Crippen LogP) is 5.48. The van der Waals surface area contributed by atoms with Gasteiger partial charge in [0.1, 0.15) is 23.1 Å². The molecule has 0 atom stereocenters. The van der Waals surface area contributed by atoms with Crippen LogP contribution in [-0.4, -0.2) is 10.9 Å². The molecule has 0 aliphatic rings. The van der Waals surface area contributed by atoms with Crippen molar-refractivity contribution in [3.63, 3.8) is 0 Å². The van der Waals surface area contributed by atoms with E-state index < -0.39 is 23.5 Å². The molecule has 5 nitrogen and oxygen atoms in total. The fourth-order valence-corrected chi connectivity index (χ4v) is 2.63. The van der Waals surface area contributed by atoms with Crippen molar-refractivity contribution in [3.8, 4) is 11.5 Å². The number of rotatable bonds is 4. The number of amides is 1. The van der Waals surface area contributed by atoms with Crippen LogP contribution in [0.2, 0.25) is 0 Å². The van der Waals surface area contributed by atoms with Crippen molar-refractivity contribution in [3.05, 3.63) is 76.7 Å². The van der Waals surface area contributed by atoms with Gasteiger partial charge in [0.2, 0.25) is 0 Å². The van der Waals surface area contributed by atoms with Crippen LogP contribution in [0.15, 0.2) is 48.5 Å². The quantitative estimate of drug-likeness (QED) is 0.549. The average molecular weight is 419 g/mol. The maximum Gasteiger partial charge on any atom is 0.419 e. The first kappa shape index (κ1) is 21.1. The third kappa shape index (κ3) is 4.68. The van der Waals surface area contributed by atoms with Crippen molar-refractivity contribution < 1.29 is 27.1 Å². The van der Waals surface area contributed by atoms with Gasteiger partial charge in [-0.15, -0.1) is 0 Å². The Bertz CT molecular complexity index is 1100. The Morgan fingerprint density at radius 1 is 1.03 bits per heavy atom. The molecule has 0 saturated carbocycles. The van der Waals surface area contributed by atoms with Crippen LogP contribution in [0.5, 0.6) is 11.5 Å². The van der Waals surface area contributed by atoms with Crippen LogP contribution < -0.4 is 15.8 Å². The fraction of sp³-hybridized carbons (Fsp3) is 0.143. The van der Waals surface area contributed by atoms with E-state index in [4.69, 9.17) is 10.5 Å². The van der Waals surface area contributed by atoms with E-state index in [0.717, 1.165) is 17.3 Å². The number of hydrogen-bond donors (Lipinski definition) is 2. The molecule has 1 heterocycles. The largest absolute Gasteiger partial charge is 0.457 e. The number of pyridine rings is 1. The first-order valence-corrected chi connectivity index (χ1v) is 8.74. The van der Waals surface area contributed by atoms with Crippen LogP contribution in [0.4, 0.5) is 29.1 Å². The van der Waals surface area contributed by atoms with E-state index in [1.54, 1.807) is 13.0 Å². The zero-order valence-corrected chi connectivity index (χ0v) is 16.0. The van der Waals surface area contributed by atoms with E-state index in [0.29, 0.717) is 17.8 Å². The van der Waals surface area contributed by atoms with E-state index >= 15 is 0 Å². The molecule has 0 aliphatic carbocycles. The van der Waals surface area contributed by atoms with Gasteiger partial charge in [0.25, 0.3) is 5.91 Å². The molecule has 30 heavy (non-hydrogen) atoms. The summed E-state index contributed by atoms with van der Waals surface area (Å²) in [4.78, 5) is 16.6.